The van der Waals surface area contributed by atoms with Gasteiger partial charge in [-0.05, 0) is 18.6 Å². The standard InChI is InChI=1S/C19H16O3/c1-15(14-18(20)17-10-6-3-7-11-17)22-19(21)13-12-16-8-4-2-5-9-16/h2-14H,1H3/b13-12+,15-14+. The van der Waals surface area contributed by atoms with Crippen LogP contribution in [0.3, 0.4) is 0 Å². The van der Waals surface area contributed by atoms with Gasteiger partial charge in [0.1, 0.15) is 5.76 Å². The highest BCUT2D eigenvalue weighted by atomic mass is 16.5. The largest absolute Gasteiger partial charge is 0.428 e. The lowest BCUT2D eigenvalue weighted by Crippen LogP contribution is -2.01. The average molecular weight is 292 g/mol. The highest BCUT2D eigenvalue weighted by Crippen LogP contribution is 2.06. The molecule has 0 aliphatic heterocycles. The second-order valence-corrected chi connectivity index (χ2v) is 4.65. The number of allylic oxidation sites excluding steroid dienone is 2. The molecule has 110 valence electrons. The molecule has 0 bridgehead atoms. The zero-order chi connectivity index (χ0) is 15.8. The normalized spacial score (nSPS) is 11.4. The Hall–Kier alpha value is -2.94. The van der Waals surface area contributed by atoms with Gasteiger partial charge in [0.25, 0.3) is 0 Å². The first-order chi connectivity index (χ1) is 10.6. The Kier molecular flexibility index (Phi) is 5.44. The number of carbonyl (C=O) groups is 2. The molecule has 0 heterocycles. The van der Waals surface area contributed by atoms with E-state index < -0.39 is 5.97 Å². The summed E-state index contributed by atoms with van der Waals surface area (Å²) < 4.78 is 5.08. The van der Waals surface area contributed by atoms with Crippen molar-refractivity contribution >= 4 is 17.8 Å². The van der Waals surface area contributed by atoms with Crippen LogP contribution in [-0.2, 0) is 9.53 Å². The number of carbonyl (C=O) groups excluding carboxylic acids is 2. The van der Waals surface area contributed by atoms with E-state index in [1.54, 1.807) is 37.3 Å². The van der Waals surface area contributed by atoms with E-state index in [0.29, 0.717) is 5.56 Å². The minimum atomic E-state index is -0.515. The molecule has 0 fully saturated rings. The van der Waals surface area contributed by atoms with E-state index in [9.17, 15) is 9.59 Å². The third-order valence-corrected chi connectivity index (χ3v) is 2.87. The van der Waals surface area contributed by atoms with Crippen LogP contribution in [-0.4, -0.2) is 11.8 Å². The van der Waals surface area contributed by atoms with E-state index >= 15 is 0 Å². The summed E-state index contributed by atoms with van der Waals surface area (Å²) in [6.07, 6.45) is 4.30. The van der Waals surface area contributed by atoms with Crippen molar-refractivity contribution in [2.75, 3.05) is 0 Å². The fourth-order valence-corrected chi connectivity index (χ4v) is 1.82. The molecule has 3 nitrogen and oxygen atoms in total. The van der Waals surface area contributed by atoms with Crippen LogP contribution in [0.5, 0.6) is 0 Å². The van der Waals surface area contributed by atoms with Gasteiger partial charge < -0.3 is 4.74 Å². The van der Waals surface area contributed by atoms with Crippen LogP contribution < -0.4 is 0 Å². The Morgan fingerprint density at radius 3 is 2.14 bits per heavy atom. The van der Waals surface area contributed by atoms with Crippen LogP contribution >= 0.6 is 0 Å². The van der Waals surface area contributed by atoms with E-state index in [0.717, 1.165) is 5.56 Å². The number of hydrogen-bond acceptors (Lipinski definition) is 3. The second-order valence-electron chi connectivity index (χ2n) is 4.65. The minimum Gasteiger partial charge on any atom is -0.428 e. The molecule has 0 N–H and O–H groups in total. The van der Waals surface area contributed by atoms with Crippen molar-refractivity contribution in [3.05, 3.63) is 89.7 Å². The summed E-state index contributed by atoms with van der Waals surface area (Å²) in [4.78, 5) is 23.6. The SMILES string of the molecule is C/C(=C\C(=O)c1ccccc1)OC(=O)/C=C/c1ccccc1. The molecule has 0 aromatic heterocycles. The smallest absolute Gasteiger partial charge is 0.335 e. The summed E-state index contributed by atoms with van der Waals surface area (Å²) in [5.74, 6) is -0.451. The van der Waals surface area contributed by atoms with E-state index in [2.05, 4.69) is 0 Å². The first-order valence-electron chi connectivity index (χ1n) is 6.88. The van der Waals surface area contributed by atoms with Crippen molar-refractivity contribution in [2.45, 2.75) is 6.92 Å². The molecule has 2 aromatic carbocycles. The van der Waals surface area contributed by atoms with Crippen LogP contribution in [0.15, 0.2) is 78.6 Å². The van der Waals surface area contributed by atoms with Crippen LogP contribution in [0, 0.1) is 0 Å². The Balaban J connectivity index is 1.95. The maximum atomic E-state index is 11.9. The molecular formula is C19H16O3. The van der Waals surface area contributed by atoms with Crippen LogP contribution in [0.25, 0.3) is 6.08 Å². The number of esters is 1. The van der Waals surface area contributed by atoms with Crippen molar-refractivity contribution < 1.29 is 14.3 Å². The van der Waals surface area contributed by atoms with Gasteiger partial charge in [-0.3, -0.25) is 4.79 Å². The van der Waals surface area contributed by atoms with E-state index in [-0.39, 0.29) is 11.5 Å². The van der Waals surface area contributed by atoms with Gasteiger partial charge in [0.05, 0.1) is 0 Å². The fourth-order valence-electron chi connectivity index (χ4n) is 1.82. The number of hydrogen-bond donors (Lipinski definition) is 0. The van der Waals surface area contributed by atoms with Crippen molar-refractivity contribution in [1.82, 2.24) is 0 Å². The number of benzene rings is 2. The molecule has 0 atom stereocenters. The molecule has 2 rings (SSSR count). The van der Waals surface area contributed by atoms with E-state index in [1.807, 2.05) is 36.4 Å². The summed E-state index contributed by atoms with van der Waals surface area (Å²) in [5, 5.41) is 0. The summed E-state index contributed by atoms with van der Waals surface area (Å²) in [6.45, 7) is 1.58. The topological polar surface area (TPSA) is 43.4 Å². The van der Waals surface area contributed by atoms with Crippen LogP contribution in [0.1, 0.15) is 22.8 Å². The molecule has 0 spiro atoms. The molecule has 0 aliphatic rings. The Morgan fingerprint density at radius 2 is 1.50 bits per heavy atom. The zero-order valence-electron chi connectivity index (χ0n) is 12.2. The molecule has 3 heteroatoms. The van der Waals surface area contributed by atoms with Crippen molar-refractivity contribution in [3.8, 4) is 0 Å². The van der Waals surface area contributed by atoms with Gasteiger partial charge in [-0.2, -0.15) is 0 Å². The number of ether oxygens (including phenoxy) is 1. The molecular weight excluding hydrogens is 276 g/mol. The Morgan fingerprint density at radius 1 is 0.909 bits per heavy atom. The summed E-state index contributed by atoms with van der Waals surface area (Å²) in [5.41, 5.74) is 1.46. The van der Waals surface area contributed by atoms with Crippen LogP contribution in [0.2, 0.25) is 0 Å². The molecule has 0 radical (unpaired) electrons. The molecule has 0 amide bonds. The molecule has 0 unspecified atom stereocenters. The summed E-state index contributed by atoms with van der Waals surface area (Å²) >= 11 is 0. The molecule has 0 saturated heterocycles. The van der Waals surface area contributed by atoms with Crippen molar-refractivity contribution in [2.24, 2.45) is 0 Å². The lowest BCUT2D eigenvalue weighted by Gasteiger charge is -2.01. The van der Waals surface area contributed by atoms with Gasteiger partial charge in [0.2, 0.25) is 0 Å². The third kappa shape index (κ3) is 4.87. The molecule has 0 saturated carbocycles. The third-order valence-electron chi connectivity index (χ3n) is 2.87. The summed E-state index contributed by atoms with van der Waals surface area (Å²) in [7, 11) is 0. The fraction of sp³-hybridized carbons (Fsp3) is 0.0526. The molecule has 22 heavy (non-hydrogen) atoms. The first-order valence-corrected chi connectivity index (χ1v) is 6.88. The highest BCUT2D eigenvalue weighted by molar-refractivity contribution is 6.04. The van der Waals surface area contributed by atoms with Gasteiger partial charge in [0.15, 0.2) is 5.78 Å². The lowest BCUT2D eigenvalue weighted by atomic mass is 10.1. The predicted molar refractivity (Wildman–Crippen MR) is 86.1 cm³/mol. The second kappa shape index (κ2) is 7.74. The van der Waals surface area contributed by atoms with Gasteiger partial charge in [0, 0.05) is 17.7 Å². The van der Waals surface area contributed by atoms with E-state index in [4.69, 9.17) is 4.74 Å². The highest BCUT2D eigenvalue weighted by Gasteiger charge is 2.05. The van der Waals surface area contributed by atoms with Crippen molar-refractivity contribution in [1.29, 1.82) is 0 Å². The predicted octanol–water partition coefficient (Wildman–Crippen LogP) is 4.03. The average Bonchev–Trinajstić information content (AvgIpc) is 2.54. The first kappa shape index (κ1) is 15.4. The van der Waals surface area contributed by atoms with Crippen molar-refractivity contribution in [3.63, 3.8) is 0 Å². The monoisotopic (exact) mass is 292 g/mol. The molecule has 2 aromatic rings. The Bertz CT molecular complexity index is 698. The Labute approximate surface area is 129 Å². The number of rotatable bonds is 5. The lowest BCUT2D eigenvalue weighted by molar-refractivity contribution is -0.133. The van der Waals surface area contributed by atoms with E-state index in [1.165, 1.54) is 12.2 Å². The zero-order valence-corrected chi connectivity index (χ0v) is 12.2. The number of ketones is 1. The molecule has 0 aliphatic carbocycles. The maximum Gasteiger partial charge on any atom is 0.335 e. The van der Waals surface area contributed by atoms with Crippen LogP contribution in [0.4, 0.5) is 0 Å². The van der Waals surface area contributed by atoms with Gasteiger partial charge in [-0.1, -0.05) is 60.7 Å². The summed E-state index contributed by atoms with van der Waals surface area (Å²) in [6, 6.07) is 18.3. The van der Waals surface area contributed by atoms with Gasteiger partial charge in [-0.15, -0.1) is 0 Å². The van der Waals surface area contributed by atoms with Gasteiger partial charge >= 0.3 is 5.97 Å². The minimum absolute atomic E-state index is 0.196. The maximum absolute atomic E-state index is 11.9. The van der Waals surface area contributed by atoms with Gasteiger partial charge in [-0.25, -0.2) is 4.79 Å². The quantitative estimate of drug-likeness (QED) is 0.362.